The highest BCUT2D eigenvalue weighted by Gasteiger charge is 2.50. The number of anilines is 1. The van der Waals surface area contributed by atoms with Crippen LogP contribution in [-0.2, 0) is 25.8 Å². The number of hydrogen-bond donors (Lipinski definition) is 1. The number of carbonyl (C=O) groups is 2. The number of sulfone groups is 1. The number of aliphatic imine (C=N–C) groups is 1. The molecule has 2 aliphatic rings. The largest absolute Gasteiger partial charge is 0.444 e. The lowest BCUT2D eigenvalue weighted by Crippen LogP contribution is -2.45. The van der Waals surface area contributed by atoms with Crippen LogP contribution in [0.5, 0.6) is 0 Å². The quantitative estimate of drug-likeness (QED) is 0.575. The van der Waals surface area contributed by atoms with Gasteiger partial charge < -0.3 is 15.0 Å². The molecule has 198 valence electrons. The van der Waals surface area contributed by atoms with Crippen LogP contribution >= 0.6 is 23.4 Å². The lowest BCUT2D eigenvalue weighted by molar-refractivity contribution is -0.119. The molecule has 4 rings (SSSR count). The van der Waals surface area contributed by atoms with E-state index < -0.39 is 33.5 Å². The number of carbonyl (C=O) groups excluding carboxylic acids is 2. The minimum absolute atomic E-state index is 0.00919. The van der Waals surface area contributed by atoms with Crippen molar-refractivity contribution in [3.63, 3.8) is 0 Å². The number of ether oxygens (including phenoxy) is 1. The standard InChI is InChI=1S/C26H30ClN3O5S2/c1-16-10-11-18(27)13-20(16)30-21-14-37(33,34)15-22(21)36-24(30)29-23(31)19(12-17-8-6-5-7-9-17)28-25(32)35-26(2,3)4/h5-11,13,19,21-22H,12,14-15H2,1-4H3,(H,28,32)/t19-,21+,22-/m1/s1. The first kappa shape index (κ1) is 27.5. The maximum atomic E-state index is 13.5. The summed E-state index contributed by atoms with van der Waals surface area (Å²) in [5, 5.41) is 3.30. The van der Waals surface area contributed by atoms with Gasteiger partial charge in [-0.1, -0.05) is 59.8 Å². The second-order valence-electron chi connectivity index (χ2n) is 10.2. The molecule has 11 heteroatoms. The van der Waals surface area contributed by atoms with Crippen LogP contribution in [0.15, 0.2) is 53.5 Å². The van der Waals surface area contributed by atoms with Gasteiger partial charge in [-0.2, -0.15) is 4.99 Å². The first-order valence-corrected chi connectivity index (χ1v) is 15.0. The number of alkyl carbamates (subject to hydrolysis) is 1. The van der Waals surface area contributed by atoms with Crippen molar-refractivity contribution < 1.29 is 22.7 Å². The van der Waals surface area contributed by atoms with Crippen LogP contribution in [0.2, 0.25) is 5.02 Å². The lowest BCUT2D eigenvalue weighted by atomic mass is 10.1. The molecule has 0 spiro atoms. The number of halogens is 1. The van der Waals surface area contributed by atoms with Gasteiger partial charge in [-0.3, -0.25) is 4.79 Å². The predicted molar refractivity (Wildman–Crippen MR) is 148 cm³/mol. The Morgan fingerprint density at radius 3 is 2.57 bits per heavy atom. The molecule has 0 bridgehead atoms. The third kappa shape index (κ3) is 6.86. The van der Waals surface area contributed by atoms with Crippen LogP contribution in [0.4, 0.5) is 10.5 Å². The molecule has 2 heterocycles. The molecule has 2 aromatic carbocycles. The molecule has 2 amide bonds. The summed E-state index contributed by atoms with van der Waals surface area (Å²) in [6.07, 6.45) is -0.496. The molecule has 2 saturated heterocycles. The van der Waals surface area contributed by atoms with E-state index >= 15 is 0 Å². The fraction of sp³-hybridized carbons (Fsp3) is 0.423. The molecular weight excluding hydrogens is 534 g/mol. The maximum Gasteiger partial charge on any atom is 0.408 e. The zero-order valence-electron chi connectivity index (χ0n) is 21.1. The molecule has 3 atom stereocenters. The number of nitrogens with one attached hydrogen (secondary N) is 1. The predicted octanol–water partition coefficient (Wildman–Crippen LogP) is 4.39. The van der Waals surface area contributed by atoms with E-state index in [0.29, 0.717) is 15.9 Å². The van der Waals surface area contributed by atoms with Gasteiger partial charge in [0.05, 0.1) is 17.5 Å². The zero-order chi connectivity index (χ0) is 27.0. The molecule has 2 aromatic rings. The van der Waals surface area contributed by atoms with Gasteiger partial charge in [-0.25, -0.2) is 13.2 Å². The van der Waals surface area contributed by atoms with E-state index in [2.05, 4.69) is 10.3 Å². The van der Waals surface area contributed by atoms with Crippen molar-refractivity contribution in [3.8, 4) is 0 Å². The van der Waals surface area contributed by atoms with E-state index in [-0.39, 0.29) is 29.2 Å². The SMILES string of the molecule is Cc1ccc(Cl)cc1N1C(=NC(=O)[C@@H](Cc2ccccc2)NC(=O)OC(C)(C)C)S[C@@H]2CS(=O)(=O)C[C@@H]21. The molecule has 0 radical (unpaired) electrons. The number of amidine groups is 1. The van der Waals surface area contributed by atoms with Crippen molar-refractivity contribution in [2.45, 2.75) is 57.1 Å². The summed E-state index contributed by atoms with van der Waals surface area (Å²) >= 11 is 7.55. The first-order chi connectivity index (χ1) is 17.3. The van der Waals surface area contributed by atoms with Gasteiger partial charge in [0.2, 0.25) is 0 Å². The summed E-state index contributed by atoms with van der Waals surface area (Å²) < 4.78 is 30.2. The van der Waals surface area contributed by atoms with Crippen LogP contribution in [0, 0.1) is 6.92 Å². The van der Waals surface area contributed by atoms with Crippen molar-refractivity contribution in [2.75, 3.05) is 16.4 Å². The number of fused-ring (bicyclic) bond motifs is 1. The third-order valence-corrected chi connectivity index (χ3v) is 9.42. The van der Waals surface area contributed by atoms with Crippen molar-refractivity contribution >= 4 is 56.1 Å². The Kier molecular flexibility index (Phi) is 7.92. The first-order valence-electron chi connectivity index (χ1n) is 11.9. The number of hydrogen-bond acceptors (Lipinski definition) is 6. The molecule has 2 fully saturated rings. The van der Waals surface area contributed by atoms with Gasteiger partial charge in [0, 0.05) is 22.4 Å². The average molecular weight is 564 g/mol. The van der Waals surface area contributed by atoms with E-state index in [0.717, 1.165) is 11.1 Å². The summed E-state index contributed by atoms with van der Waals surface area (Å²) in [4.78, 5) is 32.4. The summed E-state index contributed by atoms with van der Waals surface area (Å²) in [5.41, 5.74) is 1.70. The summed E-state index contributed by atoms with van der Waals surface area (Å²) in [5.74, 6) is -0.576. The van der Waals surface area contributed by atoms with E-state index in [1.807, 2.05) is 48.2 Å². The van der Waals surface area contributed by atoms with E-state index in [1.165, 1.54) is 11.8 Å². The van der Waals surface area contributed by atoms with E-state index in [1.54, 1.807) is 32.9 Å². The minimum Gasteiger partial charge on any atom is -0.444 e. The number of aryl methyl sites for hydroxylation is 1. The van der Waals surface area contributed by atoms with Gasteiger partial charge in [0.1, 0.15) is 11.6 Å². The van der Waals surface area contributed by atoms with Crippen molar-refractivity contribution in [2.24, 2.45) is 4.99 Å². The van der Waals surface area contributed by atoms with E-state index in [9.17, 15) is 18.0 Å². The molecule has 0 aliphatic carbocycles. The Morgan fingerprint density at radius 1 is 1.19 bits per heavy atom. The molecule has 1 N–H and O–H groups in total. The summed E-state index contributed by atoms with van der Waals surface area (Å²) in [6, 6.07) is 13.3. The maximum absolute atomic E-state index is 13.5. The second kappa shape index (κ2) is 10.7. The van der Waals surface area contributed by atoms with Crippen LogP contribution in [0.1, 0.15) is 31.9 Å². The van der Waals surface area contributed by atoms with Gasteiger partial charge >= 0.3 is 6.09 Å². The molecule has 2 aliphatic heterocycles. The fourth-order valence-electron chi connectivity index (χ4n) is 4.36. The van der Waals surface area contributed by atoms with Gasteiger partial charge in [0.15, 0.2) is 15.0 Å². The Labute approximate surface area is 226 Å². The average Bonchev–Trinajstić information content (AvgIpc) is 3.25. The number of thioether (sulfide) groups is 1. The fourth-order valence-corrected chi connectivity index (χ4v) is 8.44. The molecule has 0 saturated carbocycles. The number of benzene rings is 2. The number of rotatable bonds is 5. The Morgan fingerprint density at radius 2 is 1.89 bits per heavy atom. The van der Waals surface area contributed by atoms with Crippen LogP contribution in [0.3, 0.4) is 0 Å². The second-order valence-corrected chi connectivity index (χ2v) is 14.0. The topological polar surface area (TPSA) is 105 Å². The number of nitrogens with zero attached hydrogens (tertiary/aromatic N) is 2. The van der Waals surface area contributed by atoms with Crippen LogP contribution in [0.25, 0.3) is 0 Å². The highest BCUT2D eigenvalue weighted by atomic mass is 35.5. The molecule has 0 aromatic heterocycles. The van der Waals surface area contributed by atoms with Crippen LogP contribution < -0.4 is 10.2 Å². The number of amides is 2. The van der Waals surface area contributed by atoms with Gasteiger partial charge in [-0.15, -0.1) is 0 Å². The Bertz CT molecular complexity index is 1330. The Balaban J connectivity index is 1.68. The normalized spacial score (nSPS) is 22.5. The monoisotopic (exact) mass is 563 g/mol. The highest BCUT2D eigenvalue weighted by molar-refractivity contribution is 8.16. The van der Waals surface area contributed by atoms with Crippen molar-refractivity contribution in [1.82, 2.24) is 5.32 Å². The van der Waals surface area contributed by atoms with Crippen LogP contribution in [-0.4, -0.2) is 60.0 Å². The zero-order valence-corrected chi connectivity index (χ0v) is 23.5. The third-order valence-electron chi connectivity index (χ3n) is 5.97. The lowest BCUT2D eigenvalue weighted by Gasteiger charge is -2.27. The molecule has 8 nitrogen and oxygen atoms in total. The van der Waals surface area contributed by atoms with Crippen molar-refractivity contribution in [1.29, 1.82) is 0 Å². The van der Waals surface area contributed by atoms with E-state index in [4.69, 9.17) is 16.3 Å². The highest BCUT2D eigenvalue weighted by Crippen LogP contribution is 2.42. The Hall–Kier alpha value is -2.56. The van der Waals surface area contributed by atoms with Crippen molar-refractivity contribution in [3.05, 3.63) is 64.7 Å². The van der Waals surface area contributed by atoms with Gasteiger partial charge in [-0.05, 0) is 51.0 Å². The minimum atomic E-state index is -3.22. The molecule has 37 heavy (non-hydrogen) atoms. The molecule has 0 unspecified atom stereocenters. The molecular formula is C26H30ClN3O5S2. The summed E-state index contributed by atoms with van der Waals surface area (Å²) in [7, 11) is -3.22. The summed E-state index contributed by atoms with van der Waals surface area (Å²) in [6.45, 7) is 7.13. The van der Waals surface area contributed by atoms with Gasteiger partial charge in [0.25, 0.3) is 5.91 Å². The smallest absolute Gasteiger partial charge is 0.408 e.